The summed E-state index contributed by atoms with van der Waals surface area (Å²) in [5, 5.41) is 10.7. The Morgan fingerprint density at radius 1 is 1.35 bits per heavy atom. The molecule has 1 fully saturated rings. The minimum Gasteiger partial charge on any atom is -0.480 e. The van der Waals surface area contributed by atoms with E-state index in [0.717, 1.165) is 5.39 Å². The number of hydrogen-bond acceptors (Lipinski definition) is 4. The Morgan fingerprint density at radius 3 is 2.85 bits per heavy atom. The first-order chi connectivity index (χ1) is 12.5. The number of aliphatic carboxylic acids is 1. The maximum absolute atomic E-state index is 13.9. The third kappa shape index (κ3) is 2.77. The van der Waals surface area contributed by atoms with E-state index in [0.29, 0.717) is 22.0 Å². The van der Waals surface area contributed by atoms with E-state index in [-0.39, 0.29) is 18.0 Å². The third-order valence-corrected chi connectivity index (χ3v) is 5.24. The predicted molar refractivity (Wildman–Crippen MR) is 97.2 cm³/mol. The third-order valence-electron chi connectivity index (χ3n) is 4.45. The zero-order chi connectivity index (χ0) is 18.4. The van der Waals surface area contributed by atoms with E-state index in [2.05, 4.69) is 9.97 Å². The highest BCUT2D eigenvalue weighted by atomic mass is 35.5. The van der Waals surface area contributed by atoms with Crippen molar-refractivity contribution in [3.8, 4) is 5.69 Å². The van der Waals surface area contributed by atoms with Crippen molar-refractivity contribution in [2.75, 3.05) is 11.4 Å². The molecular weight excluding hydrogens is 382 g/mol. The van der Waals surface area contributed by atoms with Gasteiger partial charge in [0.05, 0.1) is 34.1 Å². The van der Waals surface area contributed by atoms with Crippen molar-refractivity contribution in [2.45, 2.75) is 18.6 Å². The number of anilines is 1. The normalized spacial score (nSPS) is 20.0. The number of imidazole rings is 1. The van der Waals surface area contributed by atoms with Gasteiger partial charge in [0.15, 0.2) is 0 Å². The molecule has 0 saturated carbocycles. The number of carbonyl (C=O) groups is 1. The van der Waals surface area contributed by atoms with Crippen LogP contribution in [-0.2, 0) is 4.79 Å². The summed E-state index contributed by atoms with van der Waals surface area (Å²) in [7, 11) is 0. The fraction of sp³-hybridized carbons (Fsp3) is 0.235. The first-order valence-corrected chi connectivity index (χ1v) is 8.62. The summed E-state index contributed by atoms with van der Waals surface area (Å²) in [6.45, 7) is -0.0446. The second-order valence-corrected chi connectivity index (χ2v) is 6.85. The average Bonchev–Trinajstić information content (AvgIpc) is 3.27. The van der Waals surface area contributed by atoms with E-state index in [4.69, 9.17) is 23.2 Å². The monoisotopic (exact) mass is 394 g/mol. The molecule has 0 unspecified atom stereocenters. The molecule has 1 aliphatic rings. The number of carboxylic acid groups (broad SMARTS) is 1. The lowest BCUT2D eigenvalue weighted by Gasteiger charge is -2.23. The number of nitrogens with zero attached hydrogens (tertiary/aromatic N) is 4. The molecule has 26 heavy (non-hydrogen) atoms. The lowest BCUT2D eigenvalue weighted by atomic mass is 10.1. The quantitative estimate of drug-likeness (QED) is 0.732. The molecule has 1 aliphatic heterocycles. The van der Waals surface area contributed by atoms with Gasteiger partial charge in [0.1, 0.15) is 18.0 Å². The van der Waals surface area contributed by atoms with Gasteiger partial charge in [-0.15, -0.1) is 0 Å². The largest absolute Gasteiger partial charge is 0.480 e. The number of alkyl halides is 1. The van der Waals surface area contributed by atoms with E-state index in [1.165, 1.54) is 4.90 Å². The molecule has 2 atom stereocenters. The summed E-state index contributed by atoms with van der Waals surface area (Å²) < 4.78 is 15.7. The maximum atomic E-state index is 13.9. The first-order valence-electron chi connectivity index (χ1n) is 7.86. The van der Waals surface area contributed by atoms with Crippen LogP contribution in [0.1, 0.15) is 6.42 Å². The fourth-order valence-corrected chi connectivity index (χ4v) is 3.60. The minimum atomic E-state index is -1.24. The van der Waals surface area contributed by atoms with Crippen LogP contribution < -0.4 is 4.90 Å². The smallest absolute Gasteiger partial charge is 0.326 e. The summed E-state index contributed by atoms with van der Waals surface area (Å²) in [4.78, 5) is 21.5. The van der Waals surface area contributed by atoms with Crippen molar-refractivity contribution >= 4 is 45.9 Å². The van der Waals surface area contributed by atoms with Gasteiger partial charge in [-0.3, -0.25) is 0 Å². The van der Waals surface area contributed by atoms with Crippen molar-refractivity contribution in [3.05, 3.63) is 47.0 Å². The van der Waals surface area contributed by atoms with Crippen LogP contribution in [0.15, 0.2) is 36.9 Å². The minimum absolute atomic E-state index is 0.0446. The van der Waals surface area contributed by atoms with Crippen LogP contribution in [0.5, 0.6) is 0 Å². The molecule has 0 amide bonds. The zero-order valence-corrected chi connectivity index (χ0v) is 14.8. The number of halogens is 3. The Bertz CT molecular complexity index is 996. The molecule has 0 bridgehead atoms. The molecule has 0 radical (unpaired) electrons. The average molecular weight is 395 g/mol. The van der Waals surface area contributed by atoms with Gasteiger partial charge >= 0.3 is 5.97 Å². The topological polar surface area (TPSA) is 71.2 Å². The van der Waals surface area contributed by atoms with Gasteiger partial charge in [-0.1, -0.05) is 23.2 Å². The molecule has 2 aromatic heterocycles. The Morgan fingerprint density at radius 2 is 2.15 bits per heavy atom. The Kier molecular flexibility index (Phi) is 4.20. The molecule has 0 aliphatic carbocycles. The number of rotatable bonds is 3. The Hall–Kier alpha value is -2.38. The zero-order valence-electron chi connectivity index (χ0n) is 13.3. The SMILES string of the molecule is O=C(O)[C@@H]1C[C@H](F)CN1c1cc(-n2ccnc2)c2ccc(Cl)c(Cl)c2n1. The van der Waals surface area contributed by atoms with E-state index < -0.39 is 18.2 Å². The van der Waals surface area contributed by atoms with Crippen molar-refractivity contribution < 1.29 is 14.3 Å². The molecule has 1 N–H and O–H groups in total. The number of carboxylic acids is 1. The van der Waals surface area contributed by atoms with E-state index in [1.807, 2.05) is 0 Å². The molecule has 9 heteroatoms. The number of benzene rings is 1. The summed E-state index contributed by atoms with van der Waals surface area (Å²) in [5.41, 5.74) is 1.12. The number of aromatic nitrogens is 3. The molecule has 3 heterocycles. The standard InChI is InChI=1S/C17H13Cl2FN4O2/c18-11-2-1-10-12(23-4-3-21-8-23)6-14(22-16(10)15(11)19)24-7-9(20)5-13(24)17(25)26/h1-4,6,8-9,13H,5,7H2,(H,25,26)/t9-,13-/m0/s1. The second kappa shape index (κ2) is 6.41. The van der Waals surface area contributed by atoms with Crippen LogP contribution >= 0.6 is 23.2 Å². The first kappa shape index (κ1) is 17.1. The van der Waals surface area contributed by atoms with E-state index >= 15 is 0 Å². The molecule has 0 spiro atoms. The van der Waals surface area contributed by atoms with Gasteiger partial charge in [-0.05, 0) is 12.1 Å². The van der Waals surface area contributed by atoms with Crippen LogP contribution in [0, 0.1) is 0 Å². The lowest BCUT2D eigenvalue weighted by molar-refractivity contribution is -0.138. The number of hydrogen-bond donors (Lipinski definition) is 1. The maximum Gasteiger partial charge on any atom is 0.326 e. The van der Waals surface area contributed by atoms with Crippen LogP contribution in [-0.4, -0.2) is 44.4 Å². The summed E-state index contributed by atoms with van der Waals surface area (Å²) in [6, 6.07) is 4.18. The lowest BCUT2D eigenvalue weighted by Crippen LogP contribution is -2.36. The van der Waals surface area contributed by atoms with Gasteiger partial charge in [0.25, 0.3) is 0 Å². The van der Waals surface area contributed by atoms with Crippen molar-refractivity contribution in [1.82, 2.24) is 14.5 Å². The highest BCUT2D eigenvalue weighted by molar-refractivity contribution is 6.45. The van der Waals surface area contributed by atoms with Crippen LogP contribution in [0.2, 0.25) is 10.0 Å². The highest BCUT2D eigenvalue weighted by Gasteiger charge is 2.38. The van der Waals surface area contributed by atoms with Crippen molar-refractivity contribution in [3.63, 3.8) is 0 Å². The number of pyridine rings is 1. The van der Waals surface area contributed by atoms with Crippen LogP contribution in [0.4, 0.5) is 10.2 Å². The molecule has 134 valence electrons. The van der Waals surface area contributed by atoms with Crippen molar-refractivity contribution in [2.24, 2.45) is 0 Å². The van der Waals surface area contributed by atoms with Crippen molar-refractivity contribution in [1.29, 1.82) is 0 Å². The number of fused-ring (bicyclic) bond motifs is 1. The van der Waals surface area contributed by atoms with Gasteiger partial charge in [-0.2, -0.15) is 0 Å². The summed E-state index contributed by atoms with van der Waals surface area (Å²) in [6.07, 6.45) is 3.66. The molecule has 1 saturated heterocycles. The van der Waals surface area contributed by atoms with Gasteiger partial charge < -0.3 is 14.6 Å². The second-order valence-electron chi connectivity index (χ2n) is 6.07. The Balaban J connectivity index is 1.96. The van der Waals surface area contributed by atoms with Gasteiger partial charge in [0.2, 0.25) is 0 Å². The van der Waals surface area contributed by atoms with Gasteiger partial charge in [0, 0.05) is 30.3 Å². The summed E-state index contributed by atoms with van der Waals surface area (Å²) in [5.74, 6) is -0.758. The molecule has 1 aromatic carbocycles. The Labute approximate surface area is 157 Å². The highest BCUT2D eigenvalue weighted by Crippen LogP contribution is 2.36. The molecular formula is C17H13Cl2FN4O2. The van der Waals surface area contributed by atoms with Crippen LogP contribution in [0.3, 0.4) is 0 Å². The molecule has 6 nitrogen and oxygen atoms in total. The van der Waals surface area contributed by atoms with E-state index in [1.54, 1.807) is 41.5 Å². The fourth-order valence-electron chi connectivity index (χ4n) is 3.24. The van der Waals surface area contributed by atoms with E-state index in [9.17, 15) is 14.3 Å². The van der Waals surface area contributed by atoms with Gasteiger partial charge in [-0.25, -0.2) is 19.2 Å². The molecule has 3 aromatic rings. The molecule has 4 rings (SSSR count). The van der Waals surface area contributed by atoms with Crippen LogP contribution in [0.25, 0.3) is 16.6 Å². The predicted octanol–water partition coefficient (Wildman–Crippen LogP) is 3.73. The summed E-state index contributed by atoms with van der Waals surface area (Å²) >= 11 is 12.5.